The molecule has 0 unspecified atom stereocenters. The number of aliphatic imine (C=N–C) groups is 1. The maximum Gasteiger partial charge on any atom is 0.0629 e. The summed E-state index contributed by atoms with van der Waals surface area (Å²) in [6.45, 7) is 2.04. The Labute approximate surface area is 120 Å². The van der Waals surface area contributed by atoms with Gasteiger partial charge in [-0.25, -0.2) is 0 Å². The Morgan fingerprint density at radius 1 is 0.950 bits per heavy atom. The number of nitrogens with one attached hydrogen (secondary N) is 1. The average molecular weight is 262 g/mol. The van der Waals surface area contributed by atoms with Gasteiger partial charge >= 0.3 is 0 Å². The predicted octanol–water partition coefficient (Wildman–Crippen LogP) is 4.96. The molecule has 2 rings (SSSR count). The van der Waals surface area contributed by atoms with Crippen LogP contribution in [0.3, 0.4) is 0 Å². The topological polar surface area (TPSA) is 24.4 Å². The summed E-state index contributed by atoms with van der Waals surface area (Å²) in [4.78, 5) is 4.36. The molecule has 100 valence electrons. The van der Waals surface area contributed by atoms with Crippen LogP contribution in [0.5, 0.6) is 0 Å². The van der Waals surface area contributed by atoms with Crippen LogP contribution in [0, 0.1) is 0 Å². The molecule has 0 atom stereocenters. The lowest BCUT2D eigenvalue weighted by molar-refractivity contribution is 1.49. The highest BCUT2D eigenvalue weighted by atomic mass is 14.8. The molecular formula is C18H18N2. The molecule has 0 radical (unpaired) electrons. The summed E-state index contributed by atoms with van der Waals surface area (Å²) >= 11 is 0. The van der Waals surface area contributed by atoms with E-state index in [0.29, 0.717) is 0 Å². The third-order valence-corrected chi connectivity index (χ3v) is 2.69. The van der Waals surface area contributed by atoms with E-state index in [1.807, 2.05) is 92.2 Å². The number of rotatable bonds is 5. The van der Waals surface area contributed by atoms with Gasteiger partial charge in [0.05, 0.1) is 5.69 Å². The van der Waals surface area contributed by atoms with Crippen LogP contribution in [0.4, 0.5) is 11.4 Å². The number of allylic oxidation sites excluding steroid dienone is 3. The van der Waals surface area contributed by atoms with Crippen molar-refractivity contribution in [2.45, 2.75) is 6.92 Å². The average Bonchev–Trinajstić information content (AvgIpc) is 2.49. The zero-order chi connectivity index (χ0) is 14.0. The molecule has 0 aliphatic carbocycles. The molecule has 0 bridgehead atoms. The van der Waals surface area contributed by atoms with E-state index in [2.05, 4.69) is 10.3 Å². The van der Waals surface area contributed by atoms with E-state index < -0.39 is 0 Å². The summed E-state index contributed by atoms with van der Waals surface area (Å²) in [6, 6.07) is 20.0. The standard InChI is InChI=1S/C18H18N2/c1-16(12-14-19-17-8-4-2-5-9-17)13-15-20-18-10-6-3-7-11-18/h2-15,19H,1H3. The Bertz CT molecular complexity index is 596. The Hall–Kier alpha value is -2.61. The molecule has 0 saturated carbocycles. The van der Waals surface area contributed by atoms with Gasteiger partial charge in [-0.2, -0.15) is 0 Å². The minimum atomic E-state index is 0.961. The minimum absolute atomic E-state index is 0.961. The lowest BCUT2D eigenvalue weighted by atomic mass is 10.3. The number of benzene rings is 2. The minimum Gasteiger partial charge on any atom is -0.362 e. The third kappa shape index (κ3) is 4.94. The van der Waals surface area contributed by atoms with Crippen LogP contribution in [0.25, 0.3) is 0 Å². The van der Waals surface area contributed by atoms with Crippen LogP contribution < -0.4 is 5.32 Å². The summed E-state index contributed by atoms with van der Waals surface area (Å²) in [5, 5.41) is 3.22. The molecule has 2 heteroatoms. The van der Waals surface area contributed by atoms with Crippen LogP contribution in [0.2, 0.25) is 0 Å². The zero-order valence-corrected chi connectivity index (χ0v) is 11.5. The number of hydrogen-bond acceptors (Lipinski definition) is 2. The Balaban J connectivity index is 1.86. The van der Waals surface area contributed by atoms with Gasteiger partial charge in [0.15, 0.2) is 0 Å². The first kappa shape index (κ1) is 13.8. The number of anilines is 1. The van der Waals surface area contributed by atoms with Gasteiger partial charge in [-0.15, -0.1) is 0 Å². The smallest absolute Gasteiger partial charge is 0.0629 e. The second kappa shape index (κ2) is 7.74. The van der Waals surface area contributed by atoms with Gasteiger partial charge in [0.25, 0.3) is 0 Å². The maximum atomic E-state index is 4.36. The van der Waals surface area contributed by atoms with Crippen molar-refractivity contribution < 1.29 is 0 Å². The van der Waals surface area contributed by atoms with Crippen molar-refractivity contribution in [1.29, 1.82) is 0 Å². The zero-order valence-electron chi connectivity index (χ0n) is 11.5. The van der Waals surface area contributed by atoms with E-state index in [0.717, 1.165) is 16.9 Å². The first-order valence-electron chi connectivity index (χ1n) is 6.59. The number of para-hydroxylation sites is 2. The molecule has 1 N–H and O–H groups in total. The van der Waals surface area contributed by atoms with Crippen molar-refractivity contribution in [3.05, 3.63) is 84.6 Å². The molecule has 0 aliphatic rings. The van der Waals surface area contributed by atoms with E-state index in [-0.39, 0.29) is 0 Å². The summed E-state index contributed by atoms with van der Waals surface area (Å²) < 4.78 is 0. The van der Waals surface area contributed by atoms with E-state index in [4.69, 9.17) is 0 Å². The highest BCUT2D eigenvalue weighted by Gasteiger charge is 1.85. The van der Waals surface area contributed by atoms with Crippen LogP contribution in [0.15, 0.2) is 89.6 Å². The molecule has 0 aromatic heterocycles. The van der Waals surface area contributed by atoms with Crippen molar-refractivity contribution >= 4 is 17.6 Å². The largest absolute Gasteiger partial charge is 0.362 e. The monoisotopic (exact) mass is 262 g/mol. The van der Waals surface area contributed by atoms with Gasteiger partial charge in [-0.1, -0.05) is 36.4 Å². The van der Waals surface area contributed by atoms with Crippen molar-refractivity contribution in [3.8, 4) is 0 Å². The Morgan fingerprint density at radius 2 is 1.60 bits per heavy atom. The fourth-order valence-corrected chi connectivity index (χ4v) is 1.61. The molecule has 2 aromatic carbocycles. The molecular weight excluding hydrogens is 244 g/mol. The summed E-state index contributed by atoms with van der Waals surface area (Å²) in [7, 11) is 0. The number of nitrogens with zero attached hydrogens (tertiary/aromatic N) is 1. The van der Waals surface area contributed by atoms with Crippen molar-refractivity contribution in [2.75, 3.05) is 5.32 Å². The van der Waals surface area contributed by atoms with Crippen LogP contribution in [-0.2, 0) is 0 Å². The van der Waals surface area contributed by atoms with Gasteiger partial charge in [-0.05, 0) is 48.9 Å². The molecule has 0 saturated heterocycles. The SMILES string of the molecule is CC(C=CNc1ccccc1)=CC=Nc1ccccc1. The highest BCUT2D eigenvalue weighted by molar-refractivity contribution is 5.75. The van der Waals surface area contributed by atoms with Gasteiger partial charge in [-0.3, -0.25) is 4.99 Å². The summed E-state index contributed by atoms with van der Waals surface area (Å²) in [5.74, 6) is 0. The number of hydrogen-bond donors (Lipinski definition) is 1. The van der Waals surface area contributed by atoms with Crippen LogP contribution in [-0.4, -0.2) is 6.21 Å². The fraction of sp³-hybridized carbons (Fsp3) is 0.0556. The quantitative estimate of drug-likeness (QED) is 0.597. The van der Waals surface area contributed by atoms with E-state index in [9.17, 15) is 0 Å². The molecule has 0 aliphatic heterocycles. The van der Waals surface area contributed by atoms with Crippen molar-refractivity contribution in [3.63, 3.8) is 0 Å². The molecule has 20 heavy (non-hydrogen) atoms. The Morgan fingerprint density at radius 3 is 2.30 bits per heavy atom. The Kier molecular flexibility index (Phi) is 5.35. The van der Waals surface area contributed by atoms with Gasteiger partial charge < -0.3 is 5.32 Å². The second-order valence-corrected chi connectivity index (χ2v) is 4.37. The molecule has 0 spiro atoms. The van der Waals surface area contributed by atoms with Crippen molar-refractivity contribution in [1.82, 2.24) is 0 Å². The highest BCUT2D eigenvalue weighted by Crippen LogP contribution is 2.09. The molecule has 0 heterocycles. The molecule has 0 amide bonds. The fourth-order valence-electron chi connectivity index (χ4n) is 1.61. The maximum absolute atomic E-state index is 4.36. The summed E-state index contributed by atoms with van der Waals surface area (Å²) in [5.41, 5.74) is 3.17. The first-order valence-corrected chi connectivity index (χ1v) is 6.59. The van der Waals surface area contributed by atoms with Gasteiger partial charge in [0.2, 0.25) is 0 Å². The lowest BCUT2D eigenvalue weighted by Gasteiger charge is -1.98. The normalized spacial score (nSPS) is 12.2. The summed E-state index contributed by atoms with van der Waals surface area (Å²) in [6.07, 6.45) is 7.75. The van der Waals surface area contributed by atoms with Crippen LogP contribution >= 0.6 is 0 Å². The van der Waals surface area contributed by atoms with E-state index in [1.165, 1.54) is 0 Å². The predicted molar refractivity (Wildman–Crippen MR) is 87.6 cm³/mol. The molecule has 0 fully saturated rings. The first-order chi connectivity index (χ1) is 9.84. The van der Waals surface area contributed by atoms with Crippen LogP contribution in [0.1, 0.15) is 6.92 Å². The third-order valence-electron chi connectivity index (χ3n) is 2.69. The van der Waals surface area contributed by atoms with Gasteiger partial charge in [0, 0.05) is 18.1 Å². The lowest BCUT2D eigenvalue weighted by Crippen LogP contribution is -1.86. The van der Waals surface area contributed by atoms with E-state index >= 15 is 0 Å². The second-order valence-electron chi connectivity index (χ2n) is 4.37. The van der Waals surface area contributed by atoms with E-state index in [1.54, 1.807) is 0 Å². The van der Waals surface area contributed by atoms with Gasteiger partial charge in [0.1, 0.15) is 0 Å². The molecule has 2 nitrogen and oxygen atoms in total. The molecule has 2 aromatic rings. The van der Waals surface area contributed by atoms with Crippen molar-refractivity contribution in [2.24, 2.45) is 4.99 Å².